The number of aromatic carboxylic acids is 1. The van der Waals surface area contributed by atoms with Gasteiger partial charge in [-0.15, -0.1) is 5.11 Å². The summed E-state index contributed by atoms with van der Waals surface area (Å²) in [6.07, 6.45) is 0. The highest BCUT2D eigenvalue weighted by Gasteiger charge is 2.24. The van der Waals surface area contributed by atoms with Crippen molar-refractivity contribution in [3.05, 3.63) is 48.0 Å². The summed E-state index contributed by atoms with van der Waals surface area (Å²) in [4.78, 5) is 9.32. The van der Waals surface area contributed by atoms with E-state index in [2.05, 4.69) is 10.2 Å². The maximum atomic E-state index is 11.9. The van der Waals surface area contributed by atoms with E-state index in [-0.39, 0.29) is 22.0 Å². The number of aromatic hydroxyl groups is 1. The van der Waals surface area contributed by atoms with Crippen molar-refractivity contribution in [3.8, 4) is 5.75 Å². The normalized spacial score (nSPS) is 12.5. The molecule has 0 radical (unpaired) electrons. The van der Waals surface area contributed by atoms with Crippen molar-refractivity contribution < 1.29 is 40.9 Å². The van der Waals surface area contributed by atoms with Gasteiger partial charge in [0.15, 0.2) is 0 Å². The smallest absolute Gasteiger partial charge is 0.335 e. The lowest BCUT2D eigenvalue weighted by Crippen LogP contribution is -2.03. The summed E-state index contributed by atoms with van der Waals surface area (Å²) in [7, 11) is -9.68. The second-order valence-electron chi connectivity index (χ2n) is 6.18. The minimum Gasteiger partial charge on any atom is -0.507 e. The van der Waals surface area contributed by atoms with Crippen molar-refractivity contribution in [1.82, 2.24) is 0 Å². The molecular weight excluding hydrogens is 454 g/mol. The summed E-state index contributed by atoms with van der Waals surface area (Å²) in [5.74, 6) is -1.87. The Labute approximate surface area is 174 Å². The fourth-order valence-electron chi connectivity index (χ4n) is 2.72. The van der Waals surface area contributed by atoms with Gasteiger partial charge in [-0.1, -0.05) is 0 Å². The average molecular weight is 467 g/mol. The van der Waals surface area contributed by atoms with E-state index in [9.17, 15) is 35.8 Å². The lowest BCUT2D eigenvalue weighted by Gasteiger charge is -2.12. The Morgan fingerprint density at radius 2 is 1.52 bits per heavy atom. The van der Waals surface area contributed by atoms with Crippen LogP contribution in [-0.2, 0) is 20.2 Å². The first kappa shape index (κ1) is 22.1. The van der Waals surface area contributed by atoms with E-state index in [0.29, 0.717) is 6.07 Å². The van der Waals surface area contributed by atoms with Crippen molar-refractivity contribution in [2.45, 2.75) is 9.79 Å². The molecule has 0 aliphatic heterocycles. The van der Waals surface area contributed by atoms with Crippen LogP contribution in [-0.4, -0.2) is 42.1 Å². The first-order valence-corrected chi connectivity index (χ1v) is 11.0. The van der Waals surface area contributed by atoms with E-state index in [1.54, 1.807) is 0 Å². The first-order chi connectivity index (χ1) is 14.3. The molecule has 0 aliphatic carbocycles. The zero-order valence-corrected chi connectivity index (χ0v) is 16.8. The third-order valence-electron chi connectivity index (χ3n) is 4.12. The number of phenolic OH excluding ortho intramolecular Hbond substituents is 1. The largest absolute Gasteiger partial charge is 0.507 e. The summed E-state index contributed by atoms with van der Waals surface area (Å²) in [6, 6.07) is 7.38. The summed E-state index contributed by atoms with van der Waals surface area (Å²) in [5.41, 5.74) is 5.02. The Balaban J connectivity index is 2.26. The summed E-state index contributed by atoms with van der Waals surface area (Å²) in [5, 5.41) is 26.1. The number of nitrogens with two attached hydrogens (primary N) is 1. The van der Waals surface area contributed by atoms with Gasteiger partial charge in [0.2, 0.25) is 0 Å². The number of fused-ring (bicyclic) bond motifs is 1. The van der Waals surface area contributed by atoms with E-state index in [0.717, 1.165) is 12.1 Å². The number of carbonyl (C=O) groups is 1. The van der Waals surface area contributed by atoms with Crippen LogP contribution in [0.4, 0.5) is 17.1 Å². The minimum atomic E-state index is -4.94. The number of phenols is 1. The van der Waals surface area contributed by atoms with Crippen LogP contribution < -0.4 is 5.73 Å². The van der Waals surface area contributed by atoms with E-state index in [4.69, 9.17) is 10.8 Å². The number of nitrogen functional groups attached to an aromatic ring is 1. The number of anilines is 1. The monoisotopic (exact) mass is 467 g/mol. The van der Waals surface area contributed by atoms with Crippen LogP contribution in [0.5, 0.6) is 5.75 Å². The number of nitrogens with zero attached hydrogens (tertiary/aromatic N) is 2. The van der Waals surface area contributed by atoms with Gasteiger partial charge in [-0.2, -0.15) is 21.9 Å². The first-order valence-electron chi connectivity index (χ1n) is 8.08. The van der Waals surface area contributed by atoms with Crippen molar-refractivity contribution >= 4 is 54.0 Å². The zero-order chi connectivity index (χ0) is 23.1. The fraction of sp³-hybridized carbons (Fsp3) is 0. The number of carboxylic acids is 1. The van der Waals surface area contributed by atoms with Gasteiger partial charge in [-0.3, -0.25) is 9.11 Å². The lowest BCUT2D eigenvalue weighted by atomic mass is 10.1. The molecule has 0 unspecified atom stereocenters. The number of benzene rings is 3. The van der Waals surface area contributed by atoms with Gasteiger partial charge in [0, 0.05) is 11.5 Å². The van der Waals surface area contributed by atoms with Gasteiger partial charge < -0.3 is 15.9 Å². The average Bonchev–Trinajstić information content (AvgIpc) is 2.65. The molecule has 0 aliphatic rings. The van der Waals surface area contributed by atoms with Crippen LogP contribution in [0.1, 0.15) is 10.4 Å². The van der Waals surface area contributed by atoms with E-state index in [1.165, 1.54) is 24.3 Å². The third kappa shape index (κ3) is 4.46. The Kier molecular flexibility index (Phi) is 5.41. The molecule has 3 rings (SSSR count). The number of rotatable bonds is 5. The molecule has 0 bridgehead atoms. The van der Waals surface area contributed by atoms with Crippen molar-refractivity contribution in [2.24, 2.45) is 10.2 Å². The van der Waals surface area contributed by atoms with Crippen molar-refractivity contribution in [3.63, 3.8) is 0 Å². The Hall–Kier alpha value is -3.59. The molecule has 12 nitrogen and oxygen atoms in total. The molecule has 0 amide bonds. The number of hydrogen-bond donors (Lipinski definition) is 5. The van der Waals surface area contributed by atoms with Crippen molar-refractivity contribution in [2.75, 3.05) is 5.73 Å². The highest BCUT2D eigenvalue weighted by atomic mass is 32.2. The highest BCUT2D eigenvalue weighted by Crippen LogP contribution is 2.42. The summed E-state index contributed by atoms with van der Waals surface area (Å²) >= 11 is 0. The minimum absolute atomic E-state index is 0.0256. The molecule has 6 N–H and O–H groups in total. The number of hydrogen-bond acceptors (Lipinski definition) is 9. The van der Waals surface area contributed by atoms with Gasteiger partial charge in [-0.05, 0) is 41.8 Å². The molecule has 0 spiro atoms. The van der Waals surface area contributed by atoms with Gasteiger partial charge in [0.1, 0.15) is 16.3 Å². The van der Waals surface area contributed by atoms with Crippen LogP contribution >= 0.6 is 0 Å². The third-order valence-corrected chi connectivity index (χ3v) is 5.82. The van der Waals surface area contributed by atoms with E-state index >= 15 is 0 Å². The standard InChI is InChI=1S/C17H13N3O9S2/c18-15-14-9(5-11(7-12(14)21)30(24,25)26)6-13(31(27,28)29)16(15)20-19-10-3-1-8(2-4-10)17(22)23/h1-7,21H,18H2,(H,22,23)(H,24,25,26)(H,27,28,29). The molecule has 0 aromatic heterocycles. The molecule has 0 heterocycles. The quantitative estimate of drug-likeness (QED) is 0.210. The second-order valence-corrected chi connectivity index (χ2v) is 8.99. The van der Waals surface area contributed by atoms with Gasteiger partial charge in [-0.25, -0.2) is 4.79 Å². The predicted molar refractivity (Wildman–Crippen MR) is 107 cm³/mol. The fourth-order valence-corrected chi connectivity index (χ4v) is 3.92. The molecule has 0 saturated heterocycles. The molecule has 0 fully saturated rings. The summed E-state index contributed by atoms with van der Waals surface area (Å²) < 4.78 is 65.2. The van der Waals surface area contributed by atoms with Crippen LogP contribution in [0.25, 0.3) is 10.8 Å². The molecule has 0 saturated carbocycles. The van der Waals surface area contributed by atoms with E-state index in [1.807, 2.05) is 0 Å². The number of carboxylic acid groups (broad SMARTS) is 1. The molecule has 3 aromatic rings. The van der Waals surface area contributed by atoms with Gasteiger partial charge in [0.25, 0.3) is 20.2 Å². The van der Waals surface area contributed by atoms with Gasteiger partial charge >= 0.3 is 5.97 Å². The molecule has 31 heavy (non-hydrogen) atoms. The second kappa shape index (κ2) is 7.59. The lowest BCUT2D eigenvalue weighted by molar-refractivity contribution is 0.0697. The van der Waals surface area contributed by atoms with Gasteiger partial charge in [0.05, 0.1) is 21.8 Å². The SMILES string of the molecule is Nc1c(N=Nc2ccc(C(=O)O)cc2)c(S(=O)(=O)O)cc2cc(S(=O)(=O)O)cc(O)c12. The molecule has 162 valence electrons. The predicted octanol–water partition coefficient (Wildman–Crippen LogP) is 2.73. The molecule has 3 aromatic carbocycles. The maximum Gasteiger partial charge on any atom is 0.335 e. The topological polar surface area (TPSA) is 217 Å². The van der Waals surface area contributed by atoms with Crippen LogP contribution in [0.3, 0.4) is 0 Å². The molecular formula is C17H13N3O9S2. The zero-order valence-electron chi connectivity index (χ0n) is 15.2. The highest BCUT2D eigenvalue weighted by molar-refractivity contribution is 7.86. The molecule has 0 atom stereocenters. The molecule has 14 heteroatoms. The summed E-state index contributed by atoms with van der Waals surface area (Å²) in [6.45, 7) is 0. The Bertz CT molecular complexity index is 1460. The maximum absolute atomic E-state index is 11.9. The van der Waals surface area contributed by atoms with Crippen LogP contribution in [0.2, 0.25) is 0 Å². The van der Waals surface area contributed by atoms with E-state index < -0.39 is 53.1 Å². The van der Waals surface area contributed by atoms with Crippen LogP contribution in [0.15, 0.2) is 62.5 Å². The Morgan fingerprint density at radius 1 is 0.903 bits per heavy atom. The number of azo groups is 1. The van der Waals surface area contributed by atoms with Crippen molar-refractivity contribution in [1.29, 1.82) is 0 Å². The Morgan fingerprint density at radius 3 is 2.03 bits per heavy atom. The van der Waals surface area contributed by atoms with Crippen LogP contribution in [0, 0.1) is 0 Å².